The zero-order valence-corrected chi connectivity index (χ0v) is 17.4. The van der Waals surface area contributed by atoms with E-state index in [1.54, 1.807) is 6.20 Å². The molecule has 0 bridgehead atoms. The monoisotopic (exact) mass is 395 g/mol. The predicted molar refractivity (Wildman–Crippen MR) is 118 cm³/mol. The van der Waals surface area contributed by atoms with Crippen molar-refractivity contribution in [3.63, 3.8) is 0 Å². The molecular formula is C23H33N5O. The van der Waals surface area contributed by atoms with Gasteiger partial charge in [0.2, 0.25) is 5.88 Å². The van der Waals surface area contributed by atoms with Crippen LogP contribution in [0.4, 0.5) is 0 Å². The van der Waals surface area contributed by atoms with Crippen LogP contribution in [0.1, 0.15) is 37.3 Å². The molecule has 1 saturated heterocycles. The van der Waals surface area contributed by atoms with E-state index in [4.69, 9.17) is 9.73 Å². The van der Waals surface area contributed by atoms with Crippen LogP contribution in [-0.4, -0.2) is 48.6 Å². The minimum atomic E-state index is 0.503. The van der Waals surface area contributed by atoms with E-state index in [0.29, 0.717) is 19.0 Å². The molecular weight excluding hydrogens is 362 g/mol. The van der Waals surface area contributed by atoms with Crippen LogP contribution in [0, 0.1) is 0 Å². The molecule has 6 nitrogen and oxygen atoms in total. The van der Waals surface area contributed by atoms with Crippen LogP contribution in [0.3, 0.4) is 0 Å². The first kappa shape index (κ1) is 21.1. The van der Waals surface area contributed by atoms with Gasteiger partial charge < -0.3 is 20.3 Å². The van der Waals surface area contributed by atoms with E-state index in [-0.39, 0.29) is 0 Å². The van der Waals surface area contributed by atoms with Crippen molar-refractivity contribution in [1.82, 2.24) is 20.5 Å². The maximum Gasteiger partial charge on any atom is 0.218 e. The maximum absolute atomic E-state index is 5.95. The SMILES string of the molecule is CCNC(=NCc1cccnc1OCc1ccccc1)NCCN1CCCCC1. The van der Waals surface area contributed by atoms with Crippen LogP contribution in [0.25, 0.3) is 0 Å². The highest BCUT2D eigenvalue weighted by atomic mass is 16.5. The second-order valence-corrected chi connectivity index (χ2v) is 7.27. The van der Waals surface area contributed by atoms with Crippen molar-refractivity contribution >= 4 is 5.96 Å². The van der Waals surface area contributed by atoms with Gasteiger partial charge in [-0.25, -0.2) is 9.98 Å². The van der Waals surface area contributed by atoms with E-state index >= 15 is 0 Å². The molecule has 29 heavy (non-hydrogen) atoms. The number of aromatic nitrogens is 1. The molecule has 156 valence electrons. The summed E-state index contributed by atoms with van der Waals surface area (Å²) in [6.45, 7) is 8.33. The van der Waals surface area contributed by atoms with Crippen molar-refractivity contribution in [2.24, 2.45) is 4.99 Å². The molecule has 0 unspecified atom stereocenters. The number of rotatable bonds is 9. The normalized spacial score (nSPS) is 15.1. The third-order valence-electron chi connectivity index (χ3n) is 4.99. The lowest BCUT2D eigenvalue weighted by molar-refractivity contribution is 0.232. The first-order chi connectivity index (χ1) is 14.3. The first-order valence-electron chi connectivity index (χ1n) is 10.7. The van der Waals surface area contributed by atoms with E-state index in [2.05, 4.69) is 39.6 Å². The number of nitrogens with one attached hydrogen (secondary N) is 2. The minimum Gasteiger partial charge on any atom is -0.473 e. The Morgan fingerprint density at radius 3 is 2.69 bits per heavy atom. The van der Waals surface area contributed by atoms with E-state index in [0.717, 1.165) is 36.7 Å². The van der Waals surface area contributed by atoms with Crippen LogP contribution in [0.15, 0.2) is 53.7 Å². The summed E-state index contributed by atoms with van der Waals surface area (Å²) in [6, 6.07) is 14.1. The number of benzene rings is 1. The summed E-state index contributed by atoms with van der Waals surface area (Å²) in [6.07, 6.45) is 5.77. The largest absolute Gasteiger partial charge is 0.473 e. The highest BCUT2D eigenvalue weighted by molar-refractivity contribution is 5.79. The maximum atomic E-state index is 5.95. The molecule has 1 aromatic heterocycles. The number of likely N-dealkylation sites (tertiary alicyclic amines) is 1. The number of aliphatic imine (C=N–C) groups is 1. The summed E-state index contributed by atoms with van der Waals surface area (Å²) in [7, 11) is 0. The van der Waals surface area contributed by atoms with Crippen LogP contribution >= 0.6 is 0 Å². The minimum absolute atomic E-state index is 0.503. The number of nitrogens with zero attached hydrogens (tertiary/aromatic N) is 3. The van der Waals surface area contributed by atoms with Crippen molar-refractivity contribution in [2.75, 3.05) is 32.7 Å². The number of piperidine rings is 1. The van der Waals surface area contributed by atoms with Gasteiger partial charge in [0.25, 0.3) is 0 Å². The number of guanidine groups is 1. The molecule has 6 heteroatoms. The van der Waals surface area contributed by atoms with Gasteiger partial charge in [0.05, 0.1) is 6.54 Å². The second-order valence-electron chi connectivity index (χ2n) is 7.27. The average molecular weight is 396 g/mol. The predicted octanol–water partition coefficient (Wildman–Crippen LogP) is 3.20. The van der Waals surface area contributed by atoms with Gasteiger partial charge in [-0.1, -0.05) is 42.8 Å². The molecule has 1 fully saturated rings. The molecule has 1 aliphatic heterocycles. The van der Waals surface area contributed by atoms with Gasteiger partial charge in [0.1, 0.15) is 6.61 Å². The number of pyridine rings is 1. The fourth-order valence-electron chi connectivity index (χ4n) is 3.42. The third kappa shape index (κ3) is 7.38. The van der Waals surface area contributed by atoms with Crippen LogP contribution in [0.5, 0.6) is 5.88 Å². The number of hydrogen-bond acceptors (Lipinski definition) is 4. The van der Waals surface area contributed by atoms with Gasteiger partial charge in [-0.3, -0.25) is 0 Å². The second kappa shape index (κ2) is 12.1. The molecule has 0 atom stereocenters. The molecule has 2 aromatic rings. The first-order valence-corrected chi connectivity index (χ1v) is 10.7. The Bertz CT molecular complexity index is 744. The summed E-state index contributed by atoms with van der Waals surface area (Å²) in [5, 5.41) is 6.78. The summed E-state index contributed by atoms with van der Waals surface area (Å²) in [5.41, 5.74) is 2.11. The Balaban J connectivity index is 1.53. The van der Waals surface area contributed by atoms with Crippen molar-refractivity contribution in [3.05, 3.63) is 59.8 Å². The Morgan fingerprint density at radius 2 is 1.90 bits per heavy atom. The van der Waals surface area contributed by atoms with Crippen molar-refractivity contribution in [1.29, 1.82) is 0 Å². The third-order valence-corrected chi connectivity index (χ3v) is 4.99. The Morgan fingerprint density at radius 1 is 1.07 bits per heavy atom. The van der Waals surface area contributed by atoms with Crippen LogP contribution in [-0.2, 0) is 13.2 Å². The molecule has 0 aliphatic carbocycles. The fraction of sp³-hybridized carbons (Fsp3) is 0.478. The molecule has 0 spiro atoms. The van der Waals surface area contributed by atoms with E-state index in [1.807, 2.05) is 30.3 Å². The van der Waals surface area contributed by atoms with Crippen molar-refractivity contribution in [2.45, 2.75) is 39.3 Å². The molecule has 0 saturated carbocycles. The van der Waals surface area contributed by atoms with Crippen molar-refractivity contribution < 1.29 is 4.74 Å². The zero-order valence-electron chi connectivity index (χ0n) is 17.4. The smallest absolute Gasteiger partial charge is 0.218 e. The lowest BCUT2D eigenvalue weighted by Gasteiger charge is -2.26. The summed E-state index contributed by atoms with van der Waals surface area (Å²) < 4.78 is 5.95. The van der Waals surface area contributed by atoms with Gasteiger partial charge in [0, 0.05) is 31.4 Å². The molecule has 0 amide bonds. The molecule has 2 N–H and O–H groups in total. The van der Waals surface area contributed by atoms with E-state index in [9.17, 15) is 0 Å². The lowest BCUT2D eigenvalue weighted by Crippen LogP contribution is -2.42. The molecule has 2 heterocycles. The van der Waals surface area contributed by atoms with Crippen LogP contribution in [0.2, 0.25) is 0 Å². The average Bonchev–Trinajstić information content (AvgIpc) is 2.78. The van der Waals surface area contributed by atoms with E-state index in [1.165, 1.54) is 32.4 Å². The molecule has 1 aromatic carbocycles. The molecule has 3 rings (SSSR count). The van der Waals surface area contributed by atoms with Gasteiger partial charge in [0.15, 0.2) is 5.96 Å². The topological polar surface area (TPSA) is 61.8 Å². The lowest BCUT2D eigenvalue weighted by atomic mass is 10.1. The standard InChI is InChI=1S/C23H33N5O/c1-2-24-23(26-14-17-28-15-7-4-8-16-28)27-18-21-12-9-13-25-22(21)29-19-20-10-5-3-6-11-20/h3,5-6,9-13H,2,4,7-8,14-19H2,1H3,(H2,24,26,27). The Hall–Kier alpha value is -2.60. The Kier molecular flexibility index (Phi) is 8.79. The summed E-state index contributed by atoms with van der Waals surface area (Å²) in [5.74, 6) is 1.48. The van der Waals surface area contributed by atoms with Crippen molar-refractivity contribution in [3.8, 4) is 5.88 Å². The highest BCUT2D eigenvalue weighted by Gasteiger charge is 2.10. The summed E-state index contributed by atoms with van der Waals surface area (Å²) in [4.78, 5) is 11.7. The molecule has 1 aliphatic rings. The van der Waals surface area contributed by atoms with Crippen LogP contribution < -0.4 is 15.4 Å². The number of ether oxygens (including phenoxy) is 1. The molecule has 0 radical (unpaired) electrons. The van der Waals surface area contributed by atoms with E-state index < -0.39 is 0 Å². The van der Waals surface area contributed by atoms with Gasteiger partial charge in [-0.05, 0) is 44.5 Å². The number of hydrogen-bond donors (Lipinski definition) is 2. The highest BCUT2D eigenvalue weighted by Crippen LogP contribution is 2.17. The van der Waals surface area contributed by atoms with Gasteiger partial charge in [-0.15, -0.1) is 0 Å². The summed E-state index contributed by atoms with van der Waals surface area (Å²) >= 11 is 0. The zero-order chi connectivity index (χ0) is 20.2. The Labute approximate surface area is 174 Å². The van der Waals surface area contributed by atoms with Gasteiger partial charge >= 0.3 is 0 Å². The fourth-order valence-corrected chi connectivity index (χ4v) is 3.42. The quantitative estimate of drug-likeness (QED) is 0.504. The van der Waals surface area contributed by atoms with Gasteiger partial charge in [-0.2, -0.15) is 0 Å².